The Kier molecular flexibility index (Phi) is 7.07. The minimum absolute atomic E-state index is 0.229. The van der Waals surface area contributed by atoms with Gasteiger partial charge in [-0.05, 0) is 48.7 Å². The van der Waals surface area contributed by atoms with Gasteiger partial charge in [0.1, 0.15) is 5.82 Å². The number of hydrogen-bond donors (Lipinski definition) is 3. The van der Waals surface area contributed by atoms with E-state index in [1.54, 1.807) is 12.1 Å². The number of anilines is 2. The number of aliphatic carboxylic acids is 1. The number of Topliss-reactive ketones (excluding diaryl/α,β-unsaturated/α-hetero) is 1. The van der Waals surface area contributed by atoms with Gasteiger partial charge in [-0.25, -0.2) is 14.2 Å². The molecule has 3 aromatic rings. The number of alkyl halides is 3. The molecule has 7 nitrogen and oxygen atoms in total. The van der Waals surface area contributed by atoms with Gasteiger partial charge in [0.05, 0.1) is 22.0 Å². The van der Waals surface area contributed by atoms with Crippen LogP contribution in [0.25, 0.3) is 10.4 Å². The number of carboxylic acid groups (broad SMARTS) is 1. The fourth-order valence-corrected chi connectivity index (χ4v) is 4.97. The molecular weight excluding hydrogens is 502 g/mol. The zero-order valence-electron chi connectivity index (χ0n) is 18.4. The average Bonchev–Trinajstić information content (AvgIpc) is 3.50. The molecule has 1 aliphatic rings. The molecule has 1 aliphatic carbocycles. The van der Waals surface area contributed by atoms with E-state index in [0.29, 0.717) is 53.6 Å². The second kappa shape index (κ2) is 10.1. The van der Waals surface area contributed by atoms with Crippen molar-refractivity contribution in [2.45, 2.75) is 25.4 Å². The first-order chi connectivity index (χ1) is 17.0. The Hall–Kier alpha value is -3.80. The lowest BCUT2D eigenvalue weighted by molar-refractivity contribution is -0.142. The summed E-state index contributed by atoms with van der Waals surface area (Å²) in [6.07, 6.45) is -1.53. The minimum Gasteiger partial charge on any atom is -0.481 e. The van der Waals surface area contributed by atoms with E-state index in [2.05, 4.69) is 15.6 Å². The van der Waals surface area contributed by atoms with Crippen molar-refractivity contribution in [2.24, 2.45) is 11.8 Å². The molecule has 36 heavy (non-hydrogen) atoms. The first-order valence-corrected chi connectivity index (χ1v) is 11.6. The van der Waals surface area contributed by atoms with Crippen LogP contribution >= 0.6 is 11.3 Å². The summed E-state index contributed by atoms with van der Waals surface area (Å²) in [5.74, 6) is -3.58. The molecule has 0 aliphatic heterocycles. The first kappa shape index (κ1) is 25.3. The standard InChI is InChI=1S/C24H19F4N3O4S/c25-17-9-6-13(24(26,27)28)10-18(17)31-23(35)30-14-7-4-12(5-8-14)19-11-29-21(36-19)20(32)15-2-1-3-16(15)22(33)34/h4-11,15-16H,1-3H2,(H,33,34)(H2,30,31,35)/t15-,16-/m0/s1. The number of aromatic nitrogens is 1. The Morgan fingerprint density at radius 3 is 2.36 bits per heavy atom. The average molecular weight is 521 g/mol. The molecule has 12 heteroatoms. The van der Waals surface area contributed by atoms with Crippen molar-refractivity contribution in [3.63, 3.8) is 0 Å². The maximum Gasteiger partial charge on any atom is 0.416 e. The van der Waals surface area contributed by atoms with Gasteiger partial charge >= 0.3 is 18.2 Å². The number of carbonyl (C=O) groups is 3. The van der Waals surface area contributed by atoms with E-state index < -0.39 is 47.1 Å². The Bertz CT molecular complexity index is 1310. The third kappa shape index (κ3) is 5.54. The van der Waals surface area contributed by atoms with Crippen molar-refractivity contribution in [3.05, 3.63) is 65.0 Å². The number of ketones is 1. The molecule has 3 N–H and O–H groups in total. The number of amides is 2. The number of halogens is 4. The van der Waals surface area contributed by atoms with E-state index in [4.69, 9.17) is 0 Å². The minimum atomic E-state index is -4.69. The van der Waals surface area contributed by atoms with E-state index in [1.807, 2.05) is 0 Å². The summed E-state index contributed by atoms with van der Waals surface area (Å²) in [4.78, 5) is 41.2. The summed E-state index contributed by atoms with van der Waals surface area (Å²) in [7, 11) is 0. The Morgan fingerprint density at radius 1 is 1.00 bits per heavy atom. The fourth-order valence-electron chi connectivity index (χ4n) is 4.05. The summed E-state index contributed by atoms with van der Waals surface area (Å²) < 4.78 is 52.4. The van der Waals surface area contributed by atoms with Crippen LogP contribution in [0, 0.1) is 17.7 Å². The monoisotopic (exact) mass is 521 g/mol. The largest absolute Gasteiger partial charge is 0.481 e. The van der Waals surface area contributed by atoms with Crippen molar-refractivity contribution in [2.75, 3.05) is 10.6 Å². The van der Waals surface area contributed by atoms with Gasteiger partial charge in [0.25, 0.3) is 0 Å². The molecule has 188 valence electrons. The number of rotatable bonds is 6. The molecule has 1 heterocycles. The fraction of sp³-hybridized carbons (Fsp3) is 0.250. The van der Waals surface area contributed by atoms with Crippen molar-refractivity contribution < 1.29 is 37.1 Å². The quantitative estimate of drug-likeness (QED) is 0.261. The molecule has 0 bridgehead atoms. The molecule has 1 aromatic heterocycles. The lowest BCUT2D eigenvalue weighted by Gasteiger charge is -2.12. The molecule has 1 fully saturated rings. The van der Waals surface area contributed by atoms with Crippen LogP contribution in [-0.4, -0.2) is 27.9 Å². The van der Waals surface area contributed by atoms with Gasteiger partial charge in [0, 0.05) is 17.8 Å². The number of hydrogen-bond acceptors (Lipinski definition) is 5. The van der Waals surface area contributed by atoms with E-state index in [1.165, 1.54) is 18.3 Å². The van der Waals surface area contributed by atoms with Gasteiger partial charge in [0.2, 0.25) is 0 Å². The van der Waals surface area contributed by atoms with Gasteiger partial charge < -0.3 is 15.7 Å². The molecule has 4 rings (SSSR count). The van der Waals surface area contributed by atoms with E-state index in [-0.39, 0.29) is 10.8 Å². The number of urea groups is 1. The van der Waals surface area contributed by atoms with Crippen molar-refractivity contribution in [1.82, 2.24) is 4.98 Å². The summed E-state index contributed by atoms with van der Waals surface area (Å²) in [6, 6.07) is 7.09. The van der Waals surface area contributed by atoms with Crippen LogP contribution in [0.5, 0.6) is 0 Å². The van der Waals surface area contributed by atoms with Gasteiger partial charge in [-0.1, -0.05) is 18.6 Å². The lowest BCUT2D eigenvalue weighted by atomic mass is 9.92. The zero-order chi connectivity index (χ0) is 26.0. The zero-order valence-corrected chi connectivity index (χ0v) is 19.3. The van der Waals surface area contributed by atoms with E-state index in [0.717, 1.165) is 11.3 Å². The van der Waals surface area contributed by atoms with Crippen LogP contribution in [-0.2, 0) is 11.0 Å². The van der Waals surface area contributed by atoms with Crippen LogP contribution in [0.2, 0.25) is 0 Å². The van der Waals surface area contributed by atoms with E-state index >= 15 is 0 Å². The highest BCUT2D eigenvalue weighted by Gasteiger charge is 2.39. The van der Waals surface area contributed by atoms with Gasteiger partial charge in [0.15, 0.2) is 10.8 Å². The second-order valence-corrected chi connectivity index (χ2v) is 9.26. The van der Waals surface area contributed by atoms with Crippen LogP contribution in [0.15, 0.2) is 48.7 Å². The number of nitrogens with one attached hydrogen (secondary N) is 2. The van der Waals surface area contributed by atoms with Gasteiger partial charge in [-0.15, -0.1) is 11.3 Å². The Labute approximate surface area is 206 Å². The van der Waals surface area contributed by atoms with Crippen LogP contribution in [0.1, 0.15) is 34.6 Å². The second-order valence-electron chi connectivity index (χ2n) is 8.22. The van der Waals surface area contributed by atoms with Crippen molar-refractivity contribution in [1.29, 1.82) is 0 Å². The maximum absolute atomic E-state index is 13.8. The molecule has 2 atom stereocenters. The highest BCUT2D eigenvalue weighted by molar-refractivity contribution is 7.17. The third-order valence-corrected chi connectivity index (χ3v) is 6.92. The molecule has 0 saturated heterocycles. The molecule has 2 amide bonds. The number of carbonyl (C=O) groups excluding carboxylic acids is 2. The topological polar surface area (TPSA) is 108 Å². The molecule has 2 aromatic carbocycles. The molecule has 1 saturated carbocycles. The predicted molar refractivity (Wildman–Crippen MR) is 124 cm³/mol. The smallest absolute Gasteiger partial charge is 0.416 e. The number of benzene rings is 2. The highest BCUT2D eigenvalue weighted by atomic mass is 32.1. The molecule has 0 radical (unpaired) electrons. The molecule has 0 spiro atoms. The highest BCUT2D eigenvalue weighted by Crippen LogP contribution is 2.37. The number of carboxylic acids is 1. The third-order valence-electron chi connectivity index (χ3n) is 5.86. The predicted octanol–water partition coefficient (Wildman–Crippen LogP) is 6.30. The first-order valence-electron chi connectivity index (χ1n) is 10.8. The lowest BCUT2D eigenvalue weighted by Crippen LogP contribution is -2.25. The maximum atomic E-state index is 13.8. The Morgan fingerprint density at radius 2 is 1.69 bits per heavy atom. The number of thiazole rings is 1. The molecule has 0 unspecified atom stereocenters. The molecular formula is C24H19F4N3O4S. The van der Waals surface area contributed by atoms with Crippen LogP contribution in [0.3, 0.4) is 0 Å². The van der Waals surface area contributed by atoms with Gasteiger partial charge in [-0.3, -0.25) is 9.59 Å². The SMILES string of the molecule is O=C(Nc1ccc(-c2cnc(C(=O)[C@H]3CCC[C@@H]3C(=O)O)s2)cc1)Nc1cc(C(F)(F)F)ccc1F. The summed E-state index contributed by atoms with van der Waals surface area (Å²) >= 11 is 1.13. The van der Waals surface area contributed by atoms with Crippen molar-refractivity contribution in [3.8, 4) is 10.4 Å². The summed E-state index contributed by atoms with van der Waals surface area (Å²) in [5.41, 5.74) is -0.743. The van der Waals surface area contributed by atoms with Crippen LogP contribution in [0.4, 0.5) is 33.7 Å². The summed E-state index contributed by atoms with van der Waals surface area (Å²) in [5, 5.41) is 14.0. The van der Waals surface area contributed by atoms with Crippen LogP contribution < -0.4 is 10.6 Å². The normalized spacial score (nSPS) is 17.6. The number of nitrogens with zero attached hydrogens (tertiary/aromatic N) is 1. The van der Waals surface area contributed by atoms with Gasteiger partial charge in [-0.2, -0.15) is 13.2 Å². The van der Waals surface area contributed by atoms with Crippen molar-refractivity contribution >= 4 is 40.5 Å². The summed E-state index contributed by atoms with van der Waals surface area (Å²) in [6.45, 7) is 0. The Balaban J connectivity index is 1.41. The van der Waals surface area contributed by atoms with E-state index in [9.17, 15) is 37.1 Å².